The zero-order valence-corrected chi connectivity index (χ0v) is 11.4. The number of halogens is 1. The molecule has 0 radical (unpaired) electrons. The van der Waals surface area contributed by atoms with Crippen molar-refractivity contribution in [3.8, 4) is 0 Å². The summed E-state index contributed by atoms with van der Waals surface area (Å²) in [6, 6.07) is 12.0. The molecule has 0 saturated heterocycles. The first-order valence-corrected chi connectivity index (χ1v) is 6.43. The molecule has 0 atom stereocenters. The van der Waals surface area contributed by atoms with Gasteiger partial charge in [-0.1, -0.05) is 24.3 Å². The smallest absolute Gasteiger partial charge is 0.198 e. The van der Waals surface area contributed by atoms with Gasteiger partial charge in [0.25, 0.3) is 0 Å². The van der Waals surface area contributed by atoms with Crippen LogP contribution in [0.3, 0.4) is 0 Å². The van der Waals surface area contributed by atoms with E-state index in [0.717, 1.165) is 16.5 Å². The Morgan fingerprint density at radius 2 is 1.85 bits per heavy atom. The minimum Gasteiger partial charge on any atom is -0.350 e. The van der Waals surface area contributed by atoms with Gasteiger partial charge in [-0.3, -0.25) is 4.79 Å². The highest BCUT2D eigenvalue weighted by Gasteiger charge is 2.18. The number of ketones is 1. The van der Waals surface area contributed by atoms with Crippen LogP contribution in [0.4, 0.5) is 4.39 Å². The number of carbonyl (C=O) groups excluding carboxylic acids is 1. The number of rotatable bonds is 2. The first kappa shape index (κ1) is 12.6. The second-order valence-corrected chi connectivity index (χ2v) is 4.98. The van der Waals surface area contributed by atoms with Gasteiger partial charge < -0.3 is 4.57 Å². The van der Waals surface area contributed by atoms with E-state index in [-0.39, 0.29) is 11.3 Å². The van der Waals surface area contributed by atoms with Gasteiger partial charge in [0, 0.05) is 29.7 Å². The molecule has 0 aliphatic carbocycles. The summed E-state index contributed by atoms with van der Waals surface area (Å²) < 4.78 is 15.7. The number of carbonyl (C=O) groups is 1. The summed E-state index contributed by atoms with van der Waals surface area (Å²) in [5.41, 5.74) is 2.75. The highest BCUT2D eigenvalue weighted by atomic mass is 19.1. The predicted octanol–water partition coefficient (Wildman–Crippen LogP) is 3.86. The zero-order valence-electron chi connectivity index (χ0n) is 11.4. The Bertz CT molecular complexity index is 817. The molecule has 0 bridgehead atoms. The monoisotopic (exact) mass is 267 g/mol. The number of aromatic nitrogens is 1. The Hall–Kier alpha value is -2.42. The van der Waals surface area contributed by atoms with Crippen LogP contribution in [-0.4, -0.2) is 10.4 Å². The van der Waals surface area contributed by atoms with Gasteiger partial charge in [0.1, 0.15) is 5.82 Å². The van der Waals surface area contributed by atoms with Gasteiger partial charge in [-0.25, -0.2) is 4.39 Å². The van der Waals surface area contributed by atoms with Crippen LogP contribution >= 0.6 is 0 Å². The van der Waals surface area contributed by atoms with Gasteiger partial charge in [-0.2, -0.15) is 0 Å². The molecule has 3 rings (SSSR count). The lowest BCUT2D eigenvalue weighted by molar-refractivity contribution is 0.103. The van der Waals surface area contributed by atoms with Crippen molar-refractivity contribution in [2.24, 2.45) is 7.05 Å². The number of benzene rings is 2. The van der Waals surface area contributed by atoms with Crippen molar-refractivity contribution >= 4 is 16.7 Å². The van der Waals surface area contributed by atoms with Crippen molar-refractivity contribution in [1.82, 2.24) is 4.57 Å². The van der Waals surface area contributed by atoms with Gasteiger partial charge in [0.2, 0.25) is 0 Å². The molecule has 1 aromatic heterocycles. The number of hydrogen-bond donors (Lipinski definition) is 0. The van der Waals surface area contributed by atoms with Gasteiger partial charge in [-0.15, -0.1) is 0 Å². The van der Waals surface area contributed by atoms with Crippen molar-refractivity contribution in [3.05, 3.63) is 71.2 Å². The molecule has 0 fully saturated rings. The summed E-state index contributed by atoms with van der Waals surface area (Å²) in [6.45, 7) is 2.00. The van der Waals surface area contributed by atoms with Crippen LogP contribution in [0.5, 0.6) is 0 Å². The van der Waals surface area contributed by atoms with E-state index in [9.17, 15) is 9.18 Å². The number of aryl methyl sites for hydroxylation is 2. The van der Waals surface area contributed by atoms with Gasteiger partial charge >= 0.3 is 0 Å². The van der Waals surface area contributed by atoms with E-state index < -0.39 is 5.82 Å². The van der Waals surface area contributed by atoms with Crippen LogP contribution in [0.2, 0.25) is 0 Å². The summed E-state index contributed by atoms with van der Waals surface area (Å²) >= 11 is 0. The third kappa shape index (κ3) is 1.92. The van der Waals surface area contributed by atoms with Crippen molar-refractivity contribution < 1.29 is 9.18 Å². The molecule has 0 aliphatic rings. The summed E-state index contributed by atoms with van der Waals surface area (Å²) in [5, 5.41) is 0.853. The van der Waals surface area contributed by atoms with Crippen LogP contribution in [0.1, 0.15) is 21.5 Å². The Morgan fingerprint density at radius 3 is 2.60 bits per heavy atom. The van der Waals surface area contributed by atoms with E-state index in [2.05, 4.69) is 0 Å². The third-order valence-electron chi connectivity index (χ3n) is 3.51. The minimum atomic E-state index is -0.485. The van der Waals surface area contributed by atoms with Crippen molar-refractivity contribution in [3.63, 3.8) is 0 Å². The summed E-state index contributed by atoms with van der Waals surface area (Å²) in [4.78, 5) is 12.5. The maximum atomic E-state index is 13.8. The molecule has 0 saturated carbocycles. The first-order chi connectivity index (χ1) is 9.58. The zero-order chi connectivity index (χ0) is 14.3. The van der Waals surface area contributed by atoms with Crippen LogP contribution in [0, 0.1) is 12.7 Å². The lowest BCUT2D eigenvalue weighted by atomic mass is 10.0. The molecule has 3 aromatic rings. The number of hydrogen-bond acceptors (Lipinski definition) is 1. The number of fused-ring (bicyclic) bond motifs is 1. The molecule has 0 unspecified atom stereocenters. The predicted molar refractivity (Wildman–Crippen MR) is 77.5 cm³/mol. The summed E-state index contributed by atoms with van der Waals surface area (Å²) in [5.74, 6) is -0.765. The molecule has 0 spiro atoms. The van der Waals surface area contributed by atoms with Crippen molar-refractivity contribution in [2.45, 2.75) is 6.92 Å². The second kappa shape index (κ2) is 4.60. The fourth-order valence-corrected chi connectivity index (χ4v) is 2.47. The molecule has 2 aromatic carbocycles. The van der Waals surface area contributed by atoms with Crippen LogP contribution in [0.15, 0.2) is 48.7 Å². The summed E-state index contributed by atoms with van der Waals surface area (Å²) in [7, 11) is 1.89. The Morgan fingerprint density at radius 1 is 1.10 bits per heavy atom. The molecule has 3 heteroatoms. The minimum absolute atomic E-state index is 0.112. The van der Waals surface area contributed by atoms with E-state index in [1.165, 1.54) is 12.1 Å². The summed E-state index contributed by atoms with van der Waals surface area (Å²) in [6.07, 6.45) is 1.76. The van der Waals surface area contributed by atoms with Gasteiger partial charge in [0.05, 0.1) is 5.56 Å². The van der Waals surface area contributed by atoms with Crippen molar-refractivity contribution in [1.29, 1.82) is 0 Å². The van der Waals surface area contributed by atoms with Crippen LogP contribution in [0.25, 0.3) is 10.9 Å². The van der Waals surface area contributed by atoms with E-state index in [4.69, 9.17) is 0 Å². The van der Waals surface area contributed by atoms with E-state index in [0.29, 0.717) is 5.56 Å². The quantitative estimate of drug-likeness (QED) is 0.646. The van der Waals surface area contributed by atoms with Crippen molar-refractivity contribution in [2.75, 3.05) is 0 Å². The van der Waals surface area contributed by atoms with Gasteiger partial charge in [0.15, 0.2) is 5.78 Å². The largest absolute Gasteiger partial charge is 0.350 e. The molecular weight excluding hydrogens is 253 g/mol. The molecule has 20 heavy (non-hydrogen) atoms. The van der Waals surface area contributed by atoms with Crippen LogP contribution < -0.4 is 0 Å². The topological polar surface area (TPSA) is 22.0 Å². The third-order valence-corrected chi connectivity index (χ3v) is 3.51. The second-order valence-electron chi connectivity index (χ2n) is 4.98. The maximum absolute atomic E-state index is 13.8. The Balaban J connectivity index is 2.21. The molecule has 1 heterocycles. The highest BCUT2D eigenvalue weighted by Crippen LogP contribution is 2.25. The van der Waals surface area contributed by atoms with E-state index in [1.54, 1.807) is 18.3 Å². The maximum Gasteiger partial charge on any atom is 0.198 e. The van der Waals surface area contributed by atoms with Crippen LogP contribution in [-0.2, 0) is 7.05 Å². The molecule has 0 amide bonds. The van der Waals surface area contributed by atoms with E-state index >= 15 is 0 Å². The molecule has 2 nitrogen and oxygen atoms in total. The average Bonchev–Trinajstić information content (AvgIpc) is 2.76. The van der Waals surface area contributed by atoms with E-state index in [1.807, 2.05) is 36.7 Å². The highest BCUT2D eigenvalue weighted by molar-refractivity contribution is 6.16. The fraction of sp³-hybridized carbons (Fsp3) is 0.118. The SMILES string of the molecule is Cc1ccc2c(C(=O)c3ccccc3F)cn(C)c2c1. The molecule has 100 valence electrons. The molecule has 0 aliphatic heterocycles. The molecule has 0 N–H and O–H groups in total. The standard InChI is InChI=1S/C17H14FNO/c1-11-7-8-12-14(10-19(2)16(12)9-11)17(20)13-5-3-4-6-15(13)18/h3-10H,1-2H3. The normalized spacial score (nSPS) is 10.9. The lowest BCUT2D eigenvalue weighted by Crippen LogP contribution is -2.03. The fourth-order valence-electron chi connectivity index (χ4n) is 2.47. The lowest BCUT2D eigenvalue weighted by Gasteiger charge is -2.01. The Kier molecular flexibility index (Phi) is 2.90. The Labute approximate surface area is 116 Å². The average molecular weight is 267 g/mol. The first-order valence-electron chi connectivity index (χ1n) is 6.43. The number of nitrogens with zero attached hydrogens (tertiary/aromatic N) is 1. The van der Waals surface area contributed by atoms with Gasteiger partial charge in [-0.05, 0) is 30.7 Å². The molecular formula is C17H14FNO.